The van der Waals surface area contributed by atoms with Gasteiger partial charge < -0.3 is 4.74 Å². The van der Waals surface area contributed by atoms with E-state index in [0.717, 1.165) is 5.56 Å². The van der Waals surface area contributed by atoms with Gasteiger partial charge in [-0.05, 0) is 48.0 Å². The van der Waals surface area contributed by atoms with Crippen LogP contribution in [0.2, 0.25) is 10.0 Å². The molecule has 3 aromatic rings. The first-order valence-electron chi connectivity index (χ1n) is 8.10. The van der Waals surface area contributed by atoms with E-state index in [1.807, 2.05) is 0 Å². The molecule has 0 atom stereocenters. The fraction of sp³-hybridized carbons (Fsp3) is 0.0455. The predicted molar refractivity (Wildman–Crippen MR) is 107 cm³/mol. The Morgan fingerprint density at radius 1 is 1.00 bits per heavy atom. The Balaban J connectivity index is 1.92. The van der Waals surface area contributed by atoms with Crippen LogP contribution in [0.15, 0.2) is 66.7 Å². The highest BCUT2D eigenvalue weighted by molar-refractivity contribution is 6.31. The van der Waals surface area contributed by atoms with Crippen molar-refractivity contribution in [3.63, 3.8) is 0 Å². The van der Waals surface area contributed by atoms with E-state index in [1.54, 1.807) is 66.7 Å². The van der Waals surface area contributed by atoms with Crippen LogP contribution in [0.4, 0.5) is 4.39 Å². The average molecular weight is 398 g/mol. The number of nitrogens with zero attached hydrogens (tertiary/aromatic N) is 1. The van der Waals surface area contributed by atoms with E-state index in [4.69, 9.17) is 27.9 Å². The van der Waals surface area contributed by atoms with Crippen molar-refractivity contribution in [2.24, 2.45) is 0 Å². The van der Waals surface area contributed by atoms with E-state index in [2.05, 4.69) is 6.07 Å². The van der Waals surface area contributed by atoms with Crippen molar-refractivity contribution in [3.05, 3.63) is 99.3 Å². The molecule has 0 bridgehead atoms. The number of allylic oxidation sites excluding steroid dienone is 1. The summed E-state index contributed by atoms with van der Waals surface area (Å²) in [7, 11) is 0. The molecule has 0 heterocycles. The van der Waals surface area contributed by atoms with Gasteiger partial charge in [-0.25, -0.2) is 4.39 Å². The van der Waals surface area contributed by atoms with Crippen LogP contribution in [-0.2, 0) is 6.61 Å². The summed E-state index contributed by atoms with van der Waals surface area (Å²) < 4.78 is 19.6. The maximum atomic E-state index is 13.8. The highest BCUT2D eigenvalue weighted by Crippen LogP contribution is 2.29. The minimum absolute atomic E-state index is 0.0674. The monoisotopic (exact) mass is 397 g/mol. The molecular weight excluding hydrogens is 384 g/mol. The van der Waals surface area contributed by atoms with Crippen LogP contribution in [0.1, 0.15) is 16.7 Å². The van der Waals surface area contributed by atoms with Crippen LogP contribution >= 0.6 is 23.2 Å². The van der Waals surface area contributed by atoms with Gasteiger partial charge in [0.1, 0.15) is 18.2 Å². The molecule has 5 heteroatoms. The van der Waals surface area contributed by atoms with Crippen molar-refractivity contribution in [3.8, 4) is 11.8 Å². The second kappa shape index (κ2) is 8.73. The molecule has 27 heavy (non-hydrogen) atoms. The molecular formula is C22H14Cl2FNO. The minimum atomic E-state index is -0.331. The molecule has 2 nitrogen and oxygen atoms in total. The van der Waals surface area contributed by atoms with Crippen molar-refractivity contribution in [1.82, 2.24) is 0 Å². The number of benzene rings is 3. The summed E-state index contributed by atoms with van der Waals surface area (Å²) in [5, 5.41) is 10.6. The number of halogens is 3. The lowest BCUT2D eigenvalue weighted by Crippen LogP contribution is -1.99. The predicted octanol–water partition coefficient (Wildman–Crippen LogP) is 6.78. The van der Waals surface area contributed by atoms with E-state index < -0.39 is 0 Å². The van der Waals surface area contributed by atoms with Crippen molar-refractivity contribution in [2.75, 3.05) is 0 Å². The molecule has 0 aliphatic heterocycles. The number of nitriles is 1. The molecule has 0 spiro atoms. The van der Waals surface area contributed by atoms with E-state index in [-0.39, 0.29) is 12.4 Å². The Hall–Kier alpha value is -2.80. The molecule has 0 aromatic heterocycles. The Bertz CT molecular complexity index is 1020. The molecule has 3 rings (SSSR count). The van der Waals surface area contributed by atoms with Gasteiger partial charge in [0.15, 0.2) is 0 Å². The first-order valence-corrected chi connectivity index (χ1v) is 8.86. The SMILES string of the molecule is N#C/C(=C\c1cc(Cl)ccc1OCc1ccccc1F)c1ccc(Cl)cc1. The quantitative estimate of drug-likeness (QED) is 0.351. The fourth-order valence-corrected chi connectivity index (χ4v) is 2.81. The fourth-order valence-electron chi connectivity index (χ4n) is 2.50. The Morgan fingerprint density at radius 3 is 2.41 bits per heavy atom. The number of ether oxygens (including phenoxy) is 1. The smallest absolute Gasteiger partial charge is 0.129 e. The largest absolute Gasteiger partial charge is 0.488 e. The maximum Gasteiger partial charge on any atom is 0.129 e. The van der Waals surface area contributed by atoms with Crippen molar-refractivity contribution >= 4 is 34.9 Å². The highest BCUT2D eigenvalue weighted by Gasteiger charge is 2.08. The van der Waals surface area contributed by atoms with Crippen LogP contribution in [0.3, 0.4) is 0 Å². The number of rotatable bonds is 5. The summed E-state index contributed by atoms with van der Waals surface area (Å²) >= 11 is 12.0. The van der Waals surface area contributed by atoms with Gasteiger partial charge >= 0.3 is 0 Å². The zero-order valence-electron chi connectivity index (χ0n) is 14.1. The molecule has 0 amide bonds. The Labute approximate surface area is 167 Å². The minimum Gasteiger partial charge on any atom is -0.488 e. The third-order valence-electron chi connectivity index (χ3n) is 3.89. The van der Waals surface area contributed by atoms with Gasteiger partial charge in [0.05, 0.1) is 11.6 Å². The van der Waals surface area contributed by atoms with E-state index in [0.29, 0.717) is 32.5 Å². The van der Waals surface area contributed by atoms with Gasteiger partial charge in [-0.3, -0.25) is 0 Å². The summed E-state index contributed by atoms with van der Waals surface area (Å²) in [6.45, 7) is 0.0674. The first-order chi connectivity index (χ1) is 13.1. The third-order valence-corrected chi connectivity index (χ3v) is 4.38. The molecule has 0 radical (unpaired) electrons. The van der Waals surface area contributed by atoms with Crippen LogP contribution < -0.4 is 4.74 Å². The molecule has 0 aliphatic rings. The van der Waals surface area contributed by atoms with Crippen LogP contribution in [-0.4, -0.2) is 0 Å². The molecule has 0 saturated heterocycles. The van der Waals surface area contributed by atoms with Gasteiger partial charge in [0, 0.05) is 21.2 Å². The van der Waals surface area contributed by atoms with Crippen molar-refractivity contribution in [1.29, 1.82) is 5.26 Å². The second-order valence-corrected chi connectivity index (χ2v) is 6.61. The van der Waals surface area contributed by atoms with Crippen LogP contribution in [0, 0.1) is 17.1 Å². The summed E-state index contributed by atoms with van der Waals surface area (Å²) in [6.07, 6.45) is 1.69. The van der Waals surface area contributed by atoms with Crippen LogP contribution in [0.5, 0.6) is 5.75 Å². The number of hydrogen-bond acceptors (Lipinski definition) is 2. The molecule has 0 unspecified atom stereocenters. The summed E-state index contributed by atoms with van der Waals surface area (Å²) in [6, 6.07) is 20.6. The standard InChI is InChI=1S/C22H14Cl2FNO/c23-19-7-5-15(6-8-19)18(13-26)11-17-12-20(24)9-10-22(17)27-14-16-3-1-2-4-21(16)25/h1-12H,14H2/b18-11+. The van der Waals surface area contributed by atoms with Gasteiger partial charge in [-0.15, -0.1) is 0 Å². The lowest BCUT2D eigenvalue weighted by atomic mass is 10.0. The van der Waals surface area contributed by atoms with Crippen molar-refractivity contribution in [2.45, 2.75) is 6.61 Å². The molecule has 0 N–H and O–H groups in total. The lowest BCUT2D eigenvalue weighted by molar-refractivity contribution is 0.299. The molecule has 0 fully saturated rings. The molecule has 134 valence electrons. The second-order valence-electron chi connectivity index (χ2n) is 5.74. The zero-order valence-corrected chi connectivity index (χ0v) is 15.6. The first kappa shape index (κ1) is 19.0. The zero-order chi connectivity index (χ0) is 19.2. The van der Waals surface area contributed by atoms with Crippen LogP contribution in [0.25, 0.3) is 11.6 Å². The highest BCUT2D eigenvalue weighted by atomic mass is 35.5. The Morgan fingerprint density at radius 2 is 1.70 bits per heavy atom. The molecule has 0 saturated carbocycles. The number of hydrogen-bond donors (Lipinski definition) is 0. The summed E-state index contributed by atoms with van der Waals surface area (Å²) in [5.41, 5.74) is 2.23. The summed E-state index contributed by atoms with van der Waals surface area (Å²) in [4.78, 5) is 0. The van der Waals surface area contributed by atoms with E-state index >= 15 is 0 Å². The molecule has 3 aromatic carbocycles. The topological polar surface area (TPSA) is 33.0 Å². The average Bonchev–Trinajstić information content (AvgIpc) is 2.67. The molecule has 0 aliphatic carbocycles. The van der Waals surface area contributed by atoms with Gasteiger partial charge in [-0.1, -0.05) is 53.5 Å². The third kappa shape index (κ3) is 4.89. The van der Waals surface area contributed by atoms with Gasteiger partial charge in [-0.2, -0.15) is 5.26 Å². The lowest BCUT2D eigenvalue weighted by Gasteiger charge is -2.11. The van der Waals surface area contributed by atoms with E-state index in [9.17, 15) is 9.65 Å². The van der Waals surface area contributed by atoms with E-state index in [1.165, 1.54) is 6.07 Å². The maximum absolute atomic E-state index is 13.8. The normalized spacial score (nSPS) is 11.1. The van der Waals surface area contributed by atoms with Gasteiger partial charge in [0.25, 0.3) is 0 Å². The summed E-state index contributed by atoms with van der Waals surface area (Å²) in [5.74, 6) is 0.173. The van der Waals surface area contributed by atoms with Gasteiger partial charge in [0.2, 0.25) is 0 Å². The van der Waals surface area contributed by atoms with Crippen molar-refractivity contribution < 1.29 is 9.13 Å². The Kier molecular flexibility index (Phi) is 6.13.